The molecule has 1 aliphatic rings. The molecule has 3 heteroatoms. The van der Waals surface area contributed by atoms with E-state index in [4.69, 9.17) is 4.74 Å². The van der Waals surface area contributed by atoms with E-state index >= 15 is 0 Å². The predicted octanol–water partition coefficient (Wildman–Crippen LogP) is 1.37. The summed E-state index contributed by atoms with van der Waals surface area (Å²) in [6, 6.07) is 0. The van der Waals surface area contributed by atoms with E-state index in [2.05, 4.69) is 13.8 Å². The highest BCUT2D eigenvalue weighted by Gasteiger charge is 2.20. The Labute approximate surface area is 67.9 Å². The zero-order valence-electron chi connectivity index (χ0n) is 7.25. The number of nitrogens with zero attached hydrogens (tertiary/aromatic N) is 1. The van der Waals surface area contributed by atoms with Crippen molar-refractivity contribution in [2.45, 2.75) is 38.9 Å². The van der Waals surface area contributed by atoms with Gasteiger partial charge in [0.25, 0.3) is 0 Å². The maximum Gasteiger partial charge on any atom is 0.0694 e. The van der Waals surface area contributed by atoms with Gasteiger partial charge in [-0.15, -0.1) is 0 Å². The first-order valence-electron chi connectivity index (χ1n) is 4.33. The molecular formula is C8H16NO2-. The minimum Gasteiger partial charge on any atom is -0.785 e. The van der Waals surface area contributed by atoms with Crippen molar-refractivity contribution < 1.29 is 4.74 Å². The number of rotatable bonds is 2. The van der Waals surface area contributed by atoms with Gasteiger partial charge >= 0.3 is 0 Å². The summed E-state index contributed by atoms with van der Waals surface area (Å²) in [4.78, 5) is 0. The maximum absolute atomic E-state index is 11.0. The summed E-state index contributed by atoms with van der Waals surface area (Å²) in [5.74, 6) is 0. The molecule has 0 aromatic rings. The SMILES string of the molecule is CCC1CN([O-])CC(CC)O1. The molecule has 11 heavy (non-hydrogen) atoms. The zero-order chi connectivity index (χ0) is 8.27. The van der Waals surface area contributed by atoms with Gasteiger partial charge in [0.2, 0.25) is 0 Å². The quantitative estimate of drug-likeness (QED) is 0.609. The van der Waals surface area contributed by atoms with Crippen LogP contribution in [0.3, 0.4) is 0 Å². The summed E-state index contributed by atoms with van der Waals surface area (Å²) in [6.07, 6.45) is 2.20. The van der Waals surface area contributed by atoms with Crippen molar-refractivity contribution in [2.75, 3.05) is 13.1 Å². The lowest BCUT2D eigenvalue weighted by Gasteiger charge is -2.41. The lowest BCUT2D eigenvalue weighted by Crippen LogP contribution is -2.44. The number of hydrogen-bond acceptors (Lipinski definition) is 3. The van der Waals surface area contributed by atoms with Crippen molar-refractivity contribution in [3.05, 3.63) is 5.21 Å². The molecular weight excluding hydrogens is 142 g/mol. The molecule has 0 N–H and O–H groups in total. The van der Waals surface area contributed by atoms with Crippen LogP contribution in [0.1, 0.15) is 26.7 Å². The molecule has 0 aliphatic carbocycles. The molecule has 1 saturated heterocycles. The van der Waals surface area contributed by atoms with Crippen molar-refractivity contribution in [1.82, 2.24) is 5.06 Å². The van der Waals surface area contributed by atoms with E-state index in [0.29, 0.717) is 13.1 Å². The number of hydroxylamine groups is 2. The fourth-order valence-electron chi connectivity index (χ4n) is 1.34. The van der Waals surface area contributed by atoms with E-state index in [0.717, 1.165) is 17.9 Å². The summed E-state index contributed by atoms with van der Waals surface area (Å²) in [5, 5.41) is 12.2. The molecule has 0 radical (unpaired) electrons. The Hall–Kier alpha value is -0.120. The summed E-state index contributed by atoms with van der Waals surface area (Å²) in [7, 11) is 0. The summed E-state index contributed by atoms with van der Waals surface area (Å²) in [6.45, 7) is 5.20. The number of ether oxygens (including phenoxy) is 1. The minimum absolute atomic E-state index is 0.159. The second-order valence-electron chi connectivity index (χ2n) is 3.04. The largest absolute Gasteiger partial charge is 0.785 e. The standard InChI is InChI=1S/C8H16NO2/c1-3-7-5-9(10)6-8(4-2)11-7/h7-8H,3-6H2,1-2H3/q-1. The van der Waals surface area contributed by atoms with Crippen LogP contribution in [-0.4, -0.2) is 30.4 Å². The molecule has 2 atom stereocenters. The summed E-state index contributed by atoms with van der Waals surface area (Å²) >= 11 is 0. The van der Waals surface area contributed by atoms with Crippen molar-refractivity contribution in [1.29, 1.82) is 0 Å². The van der Waals surface area contributed by atoms with Gasteiger partial charge in [0, 0.05) is 13.1 Å². The van der Waals surface area contributed by atoms with Crippen LogP contribution in [0.4, 0.5) is 0 Å². The van der Waals surface area contributed by atoms with Crippen molar-refractivity contribution in [3.63, 3.8) is 0 Å². The molecule has 0 aromatic carbocycles. The molecule has 1 rings (SSSR count). The highest BCUT2D eigenvalue weighted by Crippen LogP contribution is 2.14. The average molecular weight is 158 g/mol. The van der Waals surface area contributed by atoms with Crippen LogP contribution < -0.4 is 0 Å². The molecule has 1 heterocycles. The van der Waals surface area contributed by atoms with Crippen LogP contribution in [0.2, 0.25) is 0 Å². The van der Waals surface area contributed by atoms with E-state index in [-0.39, 0.29) is 12.2 Å². The van der Waals surface area contributed by atoms with Gasteiger partial charge < -0.3 is 15.0 Å². The van der Waals surface area contributed by atoms with E-state index in [1.807, 2.05) is 0 Å². The number of morpholine rings is 1. The Balaban J connectivity index is 2.37. The second kappa shape index (κ2) is 4.04. The third kappa shape index (κ3) is 2.43. The minimum atomic E-state index is 0.159. The Morgan fingerprint density at radius 2 is 1.73 bits per heavy atom. The molecule has 2 unspecified atom stereocenters. The molecule has 66 valence electrons. The van der Waals surface area contributed by atoms with Crippen LogP contribution in [0.5, 0.6) is 0 Å². The fourth-order valence-corrected chi connectivity index (χ4v) is 1.34. The van der Waals surface area contributed by atoms with Gasteiger partial charge in [-0.25, -0.2) is 0 Å². The normalized spacial score (nSPS) is 34.1. The van der Waals surface area contributed by atoms with Gasteiger partial charge in [-0.05, 0) is 12.8 Å². The second-order valence-corrected chi connectivity index (χ2v) is 3.04. The Kier molecular flexibility index (Phi) is 3.30. The Bertz CT molecular complexity index is 107. The third-order valence-corrected chi connectivity index (χ3v) is 2.11. The molecule has 0 saturated carbocycles. The zero-order valence-corrected chi connectivity index (χ0v) is 7.25. The molecule has 0 aromatic heterocycles. The lowest BCUT2D eigenvalue weighted by molar-refractivity contribution is -0.0742. The van der Waals surface area contributed by atoms with E-state index < -0.39 is 0 Å². The summed E-state index contributed by atoms with van der Waals surface area (Å²) in [5.41, 5.74) is 0. The highest BCUT2D eigenvalue weighted by atomic mass is 16.5. The number of hydrogen-bond donors (Lipinski definition) is 0. The first-order valence-corrected chi connectivity index (χ1v) is 4.33. The molecule has 1 fully saturated rings. The third-order valence-electron chi connectivity index (χ3n) is 2.11. The summed E-state index contributed by atoms with van der Waals surface area (Å²) < 4.78 is 5.61. The first kappa shape index (κ1) is 8.97. The topological polar surface area (TPSA) is 35.5 Å². The van der Waals surface area contributed by atoms with Crippen LogP contribution in [-0.2, 0) is 4.74 Å². The van der Waals surface area contributed by atoms with Crippen molar-refractivity contribution in [3.8, 4) is 0 Å². The predicted molar refractivity (Wildman–Crippen MR) is 44.2 cm³/mol. The van der Waals surface area contributed by atoms with Crippen LogP contribution in [0.25, 0.3) is 0 Å². The Morgan fingerprint density at radius 1 is 1.27 bits per heavy atom. The lowest BCUT2D eigenvalue weighted by atomic mass is 10.2. The van der Waals surface area contributed by atoms with E-state index in [1.54, 1.807) is 0 Å². The Morgan fingerprint density at radius 3 is 2.09 bits per heavy atom. The van der Waals surface area contributed by atoms with Crippen LogP contribution >= 0.6 is 0 Å². The van der Waals surface area contributed by atoms with Gasteiger partial charge in [0.1, 0.15) is 0 Å². The monoisotopic (exact) mass is 158 g/mol. The van der Waals surface area contributed by atoms with Crippen LogP contribution in [0, 0.1) is 5.21 Å². The average Bonchev–Trinajstić information content (AvgIpc) is 2.03. The van der Waals surface area contributed by atoms with Crippen molar-refractivity contribution in [2.24, 2.45) is 0 Å². The van der Waals surface area contributed by atoms with Gasteiger partial charge in [0.15, 0.2) is 0 Å². The van der Waals surface area contributed by atoms with Gasteiger partial charge in [-0.2, -0.15) is 0 Å². The van der Waals surface area contributed by atoms with Gasteiger partial charge in [-0.3, -0.25) is 0 Å². The molecule has 0 bridgehead atoms. The maximum atomic E-state index is 11.0. The van der Waals surface area contributed by atoms with E-state index in [9.17, 15) is 5.21 Å². The molecule has 3 nitrogen and oxygen atoms in total. The van der Waals surface area contributed by atoms with Crippen molar-refractivity contribution >= 4 is 0 Å². The van der Waals surface area contributed by atoms with E-state index in [1.165, 1.54) is 0 Å². The molecule has 1 aliphatic heterocycles. The first-order chi connectivity index (χ1) is 5.26. The molecule has 0 spiro atoms. The van der Waals surface area contributed by atoms with Gasteiger partial charge in [0.05, 0.1) is 12.2 Å². The smallest absolute Gasteiger partial charge is 0.0694 e. The van der Waals surface area contributed by atoms with Gasteiger partial charge in [-0.1, -0.05) is 13.8 Å². The fraction of sp³-hybridized carbons (Fsp3) is 1.00. The van der Waals surface area contributed by atoms with Crippen LogP contribution in [0.15, 0.2) is 0 Å². The molecule has 0 amide bonds. The highest BCUT2D eigenvalue weighted by molar-refractivity contribution is 4.76.